The van der Waals surface area contributed by atoms with Gasteiger partial charge in [0.2, 0.25) is 0 Å². The van der Waals surface area contributed by atoms with E-state index >= 15 is 0 Å². The summed E-state index contributed by atoms with van der Waals surface area (Å²) in [6, 6.07) is 16.3. The zero-order valence-corrected chi connectivity index (χ0v) is 20.8. The average molecular weight is 462 g/mol. The highest BCUT2D eigenvalue weighted by Gasteiger charge is 2.25. The standard InChI is InChI=1S/C28H35N3OS/c1-4-8-21(3)18-31-15-13-23(14-16-31)28-30-26(19-33-28)27(32)29-25-12-11-20(2)17-24(25)22-9-6-5-7-10-22/h5-7,9-12,17,19,21,23H,4,8,13-16,18H2,1-3H3,(H,29,32). The van der Waals surface area contributed by atoms with Gasteiger partial charge in [-0.2, -0.15) is 0 Å². The van der Waals surface area contributed by atoms with Crippen molar-refractivity contribution in [3.63, 3.8) is 0 Å². The third-order valence-electron chi connectivity index (χ3n) is 6.55. The molecule has 4 nitrogen and oxygen atoms in total. The van der Waals surface area contributed by atoms with Crippen LogP contribution in [0.15, 0.2) is 53.9 Å². The third kappa shape index (κ3) is 6.10. The molecule has 5 heteroatoms. The third-order valence-corrected chi connectivity index (χ3v) is 7.56. The first kappa shape index (κ1) is 23.7. The van der Waals surface area contributed by atoms with E-state index in [-0.39, 0.29) is 5.91 Å². The molecule has 2 heterocycles. The molecule has 1 aliphatic heterocycles. The van der Waals surface area contributed by atoms with Crippen LogP contribution < -0.4 is 5.32 Å². The molecule has 33 heavy (non-hydrogen) atoms. The number of anilines is 1. The van der Waals surface area contributed by atoms with Crippen LogP contribution in [-0.4, -0.2) is 35.4 Å². The summed E-state index contributed by atoms with van der Waals surface area (Å²) in [4.78, 5) is 20.4. The Morgan fingerprint density at radius 2 is 1.94 bits per heavy atom. The molecule has 1 atom stereocenters. The second-order valence-electron chi connectivity index (χ2n) is 9.41. The van der Waals surface area contributed by atoms with Crippen molar-refractivity contribution in [2.75, 3.05) is 25.0 Å². The number of carbonyl (C=O) groups is 1. The first-order valence-corrected chi connectivity index (χ1v) is 13.1. The van der Waals surface area contributed by atoms with Crippen molar-refractivity contribution in [3.8, 4) is 11.1 Å². The highest BCUT2D eigenvalue weighted by Crippen LogP contribution is 2.32. The molecule has 0 aliphatic carbocycles. The second kappa shape index (κ2) is 11.1. The van der Waals surface area contributed by atoms with Gasteiger partial charge in [-0.1, -0.05) is 62.2 Å². The maximum atomic E-state index is 13.0. The fourth-order valence-electron chi connectivity index (χ4n) is 4.78. The fraction of sp³-hybridized carbons (Fsp3) is 0.429. The van der Waals surface area contributed by atoms with Gasteiger partial charge in [-0.05, 0) is 62.9 Å². The van der Waals surface area contributed by atoms with Crippen molar-refractivity contribution in [2.24, 2.45) is 5.92 Å². The number of piperidine rings is 1. The minimum atomic E-state index is -0.135. The number of amides is 1. The van der Waals surface area contributed by atoms with Crippen molar-refractivity contribution >= 4 is 22.9 Å². The van der Waals surface area contributed by atoms with Gasteiger partial charge in [0.15, 0.2) is 0 Å². The SMILES string of the molecule is CCCC(C)CN1CCC(c2nc(C(=O)Nc3ccc(C)cc3-c3ccccc3)cs2)CC1. The van der Waals surface area contributed by atoms with E-state index in [0.29, 0.717) is 11.6 Å². The molecule has 1 aromatic heterocycles. The quantitative estimate of drug-likeness (QED) is 0.393. The minimum Gasteiger partial charge on any atom is -0.320 e. The molecular weight excluding hydrogens is 426 g/mol. The van der Waals surface area contributed by atoms with Crippen LogP contribution in [0.1, 0.15) is 66.5 Å². The van der Waals surface area contributed by atoms with Crippen molar-refractivity contribution in [1.29, 1.82) is 0 Å². The highest BCUT2D eigenvalue weighted by atomic mass is 32.1. The maximum Gasteiger partial charge on any atom is 0.275 e. The molecule has 1 unspecified atom stereocenters. The van der Waals surface area contributed by atoms with Crippen molar-refractivity contribution in [2.45, 2.75) is 52.4 Å². The molecule has 2 aromatic carbocycles. The molecule has 0 bridgehead atoms. The molecule has 1 fully saturated rings. The number of rotatable bonds is 8. The monoisotopic (exact) mass is 461 g/mol. The summed E-state index contributed by atoms with van der Waals surface area (Å²) in [5.41, 5.74) is 4.63. The Balaban J connectivity index is 1.40. The van der Waals surface area contributed by atoms with Gasteiger partial charge in [0.25, 0.3) is 5.91 Å². The van der Waals surface area contributed by atoms with E-state index in [4.69, 9.17) is 4.98 Å². The van der Waals surface area contributed by atoms with Gasteiger partial charge in [0.1, 0.15) is 5.69 Å². The predicted molar refractivity (Wildman–Crippen MR) is 139 cm³/mol. The summed E-state index contributed by atoms with van der Waals surface area (Å²) in [6.07, 6.45) is 4.82. The van der Waals surface area contributed by atoms with Crippen LogP contribution in [0.2, 0.25) is 0 Å². The molecule has 0 spiro atoms. The smallest absolute Gasteiger partial charge is 0.275 e. The second-order valence-corrected chi connectivity index (χ2v) is 10.3. The van der Waals surface area contributed by atoms with Crippen LogP contribution >= 0.6 is 11.3 Å². The van der Waals surface area contributed by atoms with Gasteiger partial charge in [0.05, 0.1) is 5.01 Å². The largest absolute Gasteiger partial charge is 0.320 e. The van der Waals surface area contributed by atoms with E-state index in [1.807, 2.05) is 35.7 Å². The first-order chi connectivity index (χ1) is 16.0. The van der Waals surface area contributed by atoms with Crippen LogP contribution in [0.3, 0.4) is 0 Å². The maximum absolute atomic E-state index is 13.0. The van der Waals surface area contributed by atoms with E-state index < -0.39 is 0 Å². The summed E-state index contributed by atoms with van der Waals surface area (Å²) in [5, 5.41) is 6.12. The zero-order valence-electron chi connectivity index (χ0n) is 20.0. The first-order valence-electron chi connectivity index (χ1n) is 12.2. The lowest BCUT2D eigenvalue weighted by atomic mass is 9.96. The number of benzene rings is 2. The number of aromatic nitrogens is 1. The number of carbonyl (C=O) groups excluding carboxylic acids is 1. The molecule has 1 saturated heterocycles. The van der Waals surface area contributed by atoms with E-state index in [1.54, 1.807) is 11.3 Å². The fourth-order valence-corrected chi connectivity index (χ4v) is 5.75. The predicted octanol–water partition coefficient (Wildman–Crippen LogP) is 6.99. The number of thiazole rings is 1. The zero-order chi connectivity index (χ0) is 23.2. The van der Waals surface area contributed by atoms with Gasteiger partial charge in [-0.15, -0.1) is 11.3 Å². The molecule has 1 N–H and O–H groups in total. The Morgan fingerprint density at radius 1 is 1.18 bits per heavy atom. The number of likely N-dealkylation sites (tertiary alicyclic amines) is 1. The van der Waals surface area contributed by atoms with E-state index in [0.717, 1.165) is 53.7 Å². The summed E-state index contributed by atoms with van der Waals surface area (Å²) in [5.74, 6) is 1.10. The average Bonchev–Trinajstić information content (AvgIpc) is 3.32. The van der Waals surface area contributed by atoms with Crippen LogP contribution in [-0.2, 0) is 0 Å². The van der Waals surface area contributed by atoms with Crippen LogP contribution in [0.25, 0.3) is 11.1 Å². The number of hydrogen-bond acceptors (Lipinski definition) is 4. The van der Waals surface area contributed by atoms with Crippen molar-refractivity contribution in [3.05, 3.63) is 70.2 Å². The Morgan fingerprint density at radius 3 is 2.67 bits per heavy atom. The van der Waals surface area contributed by atoms with Gasteiger partial charge < -0.3 is 10.2 Å². The van der Waals surface area contributed by atoms with E-state index in [2.05, 4.69) is 49.2 Å². The Kier molecular flexibility index (Phi) is 7.94. The topological polar surface area (TPSA) is 45.2 Å². The van der Waals surface area contributed by atoms with Crippen LogP contribution in [0.4, 0.5) is 5.69 Å². The molecule has 0 saturated carbocycles. The number of nitrogens with zero attached hydrogens (tertiary/aromatic N) is 2. The van der Waals surface area contributed by atoms with Gasteiger partial charge >= 0.3 is 0 Å². The molecule has 1 aliphatic rings. The lowest BCUT2D eigenvalue weighted by Gasteiger charge is -2.32. The normalized spacial score (nSPS) is 16.0. The Bertz CT molecular complexity index is 1050. The van der Waals surface area contributed by atoms with Gasteiger partial charge in [0, 0.05) is 29.1 Å². The molecule has 3 aromatic rings. The van der Waals surface area contributed by atoms with Gasteiger partial charge in [-0.25, -0.2) is 4.98 Å². The van der Waals surface area contributed by atoms with E-state index in [9.17, 15) is 4.79 Å². The Labute approximate surface area is 202 Å². The molecule has 1 amide bonds. The lowest BCUT2D eigenvalue weighted by molar-refractivity contribution is 0.102. The van der Waals surface area contributed by atoms with Crippen LogP contribution in [0, 0.1) is 12.8 Å². The summed E-state index contributed by atoms with van der Waals surface area (Å²) < 4.78 is 0. The molecule has 4 rings (SSSR count). The minimum absolute atomic E-state index is 0.135. The summed E-state index contributed by atoms with van der Waals surface area (Å²) in [6.45, 7) is 10.2. The van der Waals surface area contributed by atoms with Gasteiger partial charge in [-0.3, -0.25) is 4.79 Å². The molecular formula is C28H35N3OS. The summed E-state index contributed by atoms with van der Waals surface area (Å²) in [7, 11) is 0. The lowest BCUT2D eigenvalue weighted by Crippen LogP contribution is -2.36. The molecule has 0 radical (unpaired) electrons. The van der Waals surface area contributed by atoms with Crippen molar-refractivity contribution in [1.82, 2.24) is 9.88 Å². The Hall–Kier alpha value is -2.50. The van der Waals surface area contributed by atoms with Crippen LogP contribution in [0.5, 0.6) is 0 Å². The summed E-state index contributed by atoms with van der Waals surface area (Å²) >= 11 is 1.63. The highest BCUT2D eigenvalue weighted by molar-refractivity contribution is 7.10. The van der Waals surface area contributed by atoms with E-state index in [1.165, 1.54) is 24.9 Å². The number of nitrogens with one attached hydrogen (secondary N) is 1. The van der Waals surface area contributed by atoms with Crippen molar-refractivity contribution < 1.29 is 4.79 Å². The number of aryl methyl sites for hydroxylation is 1. The number of hydrogen-bond donors (Lipinski definition) is 1. The molecule has 174 valence electrons.